The van der Waals surface area contributed by atoms with Crippen LogP contribution in [0.15, 0.2) is 54.6 Å². The van der Waals surface area contributed by atoms with Crippen LogP contribution in [-0.2, 0) is 36.9 Å². The molecule has 0 aromatic heterocycles. The molecule has 7 heteroatoms. The van der Waals surface area contributed by atoms with Crippen molar-refractivity contribution in [2.24, 2.45) is 0 Å². The first-order chi connectivity index (χ1) is 15.1. The summed E-state index contributed by atoms with van der Waals surface area (Å²) in [6, 6.07) is 17.4. The molecular formula is C24H29NO6. The molecule has 31 heavy (non-hydrogen) atoms. The largest absolute Gasteiger partial charge is 0.497 e. The van der Waals surface area contributed by atoms with Crippen LogP contribution in [0, 0.1) is 0 Å². The van der Waals surface area contributed by atoms with Gasteiger partial charge in [0.2, 0.25) is 0 Å². The molecule has 0 bridgehead atoms. The molecule has 0 N–H and O–H groups in total. The number of benzene rings is 2. The SMILES string of the molecule is COC(=O)[C@H]1CC2(CN1Cc1ccc(OC)cc1)OCC(OCc1ccccc1)CO2. The third-order valence-corrected chi connectivity index (χ3v) is 5.80. The Labute approximate surface area is 182 Å². The molecule has 2 aliphatic rings. The number of hydrogen-bond acceptors (Lipinski definition) is 7. The minimum atomic E-state index is -0.821. The Morgan fingerprint density at radius 2 is 1.74 bits per heavy atom. The van der Waals surface area contributed by atoms with Crippen LogP contribution in [0.3, 0.4) is 0 Å². The predicted molar refractivity (Wildman–Crippen MR) is 113 cm³/mol. The average Bonchev–Trinajstić information content (AvgIpc) is 3.17. The van der Waals surface area contributed by atoms with Gasteiger partial charge >= 0.3 is 5.97 Å². The molecule has 7 nitrogen and oxygen atoms in total. The molecular weight excluding hydrogens is 398 g/mol. The summed E-state index contributed by atoms with van der Waals surface area (Å²) in [5.41, 5.74) is 2.19. The quantitative estimate of drug-likeness (QED) is 0.630. The van der Waals surface area contributed by atoms with Crippen molar-refractivity contribution in [3.8, 4) is 5.75 Å². The zero-order valence-electron chi connectivity index (χ0n) is 18.0. The van der Waals surface area contributed by atoms with E-state index in [2.05, 4.69) is 4.90 Å². The fourth-order valence-electron chi connectivity index (χ4n) is 4.08. The van der Waals surface area contributed by atoms with Crippen LogP contribution in [0.1, 0.15) is 17.5 Å². The van der Waals surface area contributed by atoms with Gasteiger partial charge in [0, 0.05) is 13.0 Å². The second-order valence-electron chi connectivity index (χ2n) is 7.95. The number of carbonyl (C=O) groups excluding carboxylic acids is 1. The Bertz CT molecular complexity index is 848. The van der Waals surface area contributed by atoms with Gasteiger partial charge in [-0.2, -0.15) is 0 Å². The van der Waals surface area contributed by atoms with Crippen molar-refractivity contribution in [1.82, 2.24) is 4.90 Å². The summed E-state index contributed by atoms with van der Waals surface area (Å²) < 4.78 is 28.5. The first kappa shape index (κ1) is 21.8. The maximum absolute atomic E-state index is 12.4. The van der Waals surface area contributed by atoms with Gasteiger partial charge in [-0.3, -0.25) is 9.69 Å². The van der Waals surface area contributed by atoms with Crippen molar-refractivity contribution in [2.75, 3.05) is 34.0 Å². The summed E-state index contributed by atoms with van der Waals surface area (Å²) in [7, 11) is 3.05. The standard InChI is InChI=1S/C24H29NO6/c1-27-20-10-8-18(9-11-20)13-25-17-24(12-22(25)23(26)28-2)30-15-21(16-31-24)29-14-19-6-4-3-5-7-19/h3-11,21-22H,12-17H2,1-2H3/t21?,22-,24?/m1/s1. The molecule has 2 heterocycles. The van der Waals surface area contributed by atoms with Gasteiger partial charge < -0.3 is 23.7 Å². The van der Waals surface area contributed by atoms with Crippen LogP contribution >= 0.6 is 0 Å². The van der Waals surface area contributed by atoms with Gasteiger partial charge in [0.25, 0.3) is 0 Å². The van der Waals surface area contributed by atoms with E-state index in [0.717, 1.165) is 16.9 Å². The van der Waals surface area contributed by atoms with Crippen molar-refractivity contribution in [3.63, 3.8) is 0 Å². The smallest absolute Gasteiger partial charge is 0.323 e. The van der Waals surface area contributed by atoms with E-state index in [4.69, 9.17) is 23.7 Å². The number of ether oxygens (including phenoxy) is 5. The third-order valence-electron chi connectivity index (χ3n) is 5.80. The Morgan fingerprint density at radius 3 is 2.39 bits per heavy atom. The predicted octanol–water partition coefficient (Wildman–Crippen LogP) is 2.77. The summed E-state index contributed by atoms with van der Waals surface area (Å²) in [5, 5.41) is 0. The lowest BCUT2D eigenvalue weighted by Gasteiger charge is -2.37. The van der Waals surface area contributed by atoms with E-state index in [-0.39, 0.29) is 12.1 Å². The van der Waals surface area contributed by atoms with Crippen LogP contribution in [0.25, 0.3) is 0 Å². The van der Waals surface area contributed by atoms with Crippen molar-refractivity contribution in [2.45, 2.75) is 37.5 Å². The molecule has 2 fully saturated rings. The fraction of sp³-hybridized carbons (Fsp3) is 0.458. The van der Waals surface area contributed by atoms with Gasteiger partial charge in [-0.25, -0.2) is 0 Å². The molecule has 0 radical (unpaired) electrons. The molecule has 4 rings (SSSR count). The Morgan fingerprint density at radius 1 is 1.03 bits per heavy atom. The topological polar surface area (TPSA) is 66.5 Å². The van der Waals surface area contributed by atoms with E-state index in [1.165, 1.54) is 7.11 Å². The highest BCUT2D eigenvalue weighted by Crippen LogP contribution is 2.36. The summed E-state index contributed by atoms with van der Waals surface area (Å²) in [4.78, 5) is 14.5. The average molecular weight is 427 g/mol. The van der Waals surface area contributed by atoms with E-state index in [0.29, 0.717) is 39.3 Å². The van der Waals surface area contributed by atoms with Crippen LogP contribution in [0.4, 0.5) is 0 Å². The molecule has 0 aliphatic carbocycles. The first-order valence-corrected chi connectivity index (χ1v) is 10.5. The molecule has 1 atom stereocenters. The van der Waals surface area contributed by atoms with Crippen molar-refractivity contribution in [1.29, 1.82) is 0 Å². The van der Waals surface area contributed by atoms with E-state index >= 15 is 0 Å². The summed E-state index contributed by atoms with van der Waals surface area (Å²) in [5.74, 6) is -0.301. The van der Waals surface area contributed by atoms with Crippen molar-refractivity contribution in [3.05, 3.63) is 65.7 Å². The molecule has 0 saturated carbocycles. The Kier molecular flexibility index (Phi) is 6.87. The molecule has 0 amide bonds. The van der Waals surface area contributed by atoms with Gasteiger partial charge in [-0.05, 0) is 23.3 Å². The number of methoxy groups -OCH3 is 2. The highest BCUT2D eigenvalue weighted by molar-refractivity contribution is 5.76. The Hall–Kier alpha value is -2.45. The van der Waals surface area contributed by atoms with Gasteiger partial charge in [-0.1, -0.05) is 42.5 Å². The number of rotatable bonds is 7. The fourth-order valence-corrected chi connectivity index (χ4v) is 4.08. The highest BCUT2D eigenvalue weighted by atomic mass is 16.7. The monoisotopic (exact) mass is 427 g/mol. The molecule has 2 saturated heterocycles. The van der Waals surface area contributed by atoms with Gasteiger partial charge in [0.15, 0.2) is 5.79 Å². The second kappa shape index (κ2) is 9.78. The number of nitrogens with zero attached hydrogens (tertiary/aromatic N) is 1. The molecule has 1 spiro atoms. The number of carbonyl (C=O) groups is 1. The lowest BCUT2D eigenvalue weighted by Crippen LogP contribution is -2.48. The summed E-state index contributed by atoms with van der Waals surface area (Å²) >= 11 is 0. The Balaban J connectivity index is 1.36. The van der Waals surface area contributed by atoms with Gasteiger partial charge in [0.05, 0.1) is 40.6 Å². The van der Waals surface area contributed by atoms with E-state index < -0.39 is 11.8 Å². The van der Waals surface area contributed by atoms with Crippen LogP contribution in [0.2, 0.25) is 0 Å². The van der Waals surface area contributed by atoms with Crippen LogP contribution in [0.5, 0.6) is 5.75 Å². The minimum absolute atomic E-state index is 0.141. The minimum Gasteiger partial charge on any atom is -0.497 e. The maximum atomic E-state index is 12.4. The second-order valence-corrected chi connectivity index (χ2v) is 7.95. The molecule has 2 aromatic rings. The molecule has 0 unspecified atom stereocenters. The third kappa shape index (κ3) is 5.25. The van der Waals surface area contributed by atoms with Crippen molar-refractivity contribution >= 4 is 5.97 Å². The summed E-state index contributed by atoms with van der Waals surface area (Å²) in [6.07, 6.45) is 0.291. The molecule has 2 aliphatic heterocycles. The number of likely N-dealkylation sites (tertiary alicyclic amines) is 1. The lowest BCUT2D eigenvalue weighted by atomic mass is 10.1. The van der Waals surface area contributed by atoms with Gasteiger partial charge in [-0.15, -0.1) is 0 Å². The summed E-state index contributed by atoms with van der Waals surface area (Å²) in [6.45, 7) is 2.45. The first-order valence-electron chi connectivity index (χ1n) is 10.5. The number of esters is 1. The van der Waals surface area contributed by atoms with E-state index in [9.17, 15) is 4.79 Å². The molecule has 166 valence electrons. The lowest BCUT2D eigenvalue weighted by molar-refractivity contribution is -0.291. The van der Waals surface area contributed by atoms with Crippen molar-refractivity contribution < 1.29 is 28.5 Å². The van der Waals surface area contributed by atoms with E-state index in [1.807, 2.05) is 54.6 Å². The highest BCUT2D eigenvalue weighted by Gasteiger charge is 2.51. The van der Waals surface area contributed by atoms with Crippen LogP contribution in [-0.4, -0.2) is 62.8 Å². The number of hydrogen-bond donors (Lipinski definition) is 0. The zero-order valence-corrected chi connectivity index (χ0v) is 18.0. The normalized spacial score (nSPS) is 26.1. The zero-order chi connectivity index (χ0) is 21.7. The molecule has 2 aromatic carbocycles. The van der Waals surface area contributed by atoms with E-state index in [1.54, 1.807) is 7.11 Å². The van der Waals surface area contributed by atoms with Gasteiger partial charge in [0.1, 0.15) is 17.9 Å². The maximum Gasteiger partial charge on any atom is 0.323 e. The van der Waals surface area contributed by atoms with Crippen LogP contribution < -0.4 is 4.74 Å².